The monoisotopic (exact) mass is 193 g/mol. The van der Waals surface area contributed by atoms with E-state index in [0.29, 0.717) is 17.7 Å². The average Bonchev–Trinajstić information content (AvgIpc) is 3.02. The SMILES string of the molecule is COc1cnc(NC(C)C2CC2)nc1. The van der Waals surface area contributed by atoms with E-state index in [1.54, 1.807) is 19.5 Å². The Hall–Kier alpha value is -1.32. The molecule has 1 unspecified atom stereocenters. The van der Waals surface area contributed by atoms with Crippen LogP contribution < -0.4 is 10.1 Å². The summed E-state index contributed by atoms with van der Waals surface area (Å²) in [5.41, 5.74) is 0. The highest BCUT2D eigenvalue weighted by molar-refractivity contribution is 5.28. The number of anilines is 1. The third kappa shape index (κ3) is 2.13. The zero-order chi connectivity index (χ0) is 9.97. The molecule has 1 aromatic rings. The lowest BCUT2D eigenvalue weighted by Crippen LogP contribution is -2.18. The summed E-state index contributed by atoms with van der Waals surface area (Å²) in [6.45, 7) is 2.17. The van der Waals surface area contributed by atoms with E-state index in [0.717, 1.165) is 5.92 Å². The van der Waals surface area contributed by atoms with Crippen LogP contribution in [0.4, 0.5) is 5.95 Å². The van der Waals surface area contributed by atoms with Crippen LogP contribution in [0.2, 0.25) is 0 Å². The summed E-state index contributed by atoms with van der Waals surface area (Å²) in [6.07, 6.45) is 6.00. The summed E-state index contributed by atoms with van der Waals surface area (Å²) in [4.78, 5) is 8.30. The Bertz CT molecular complexity index is 295. The van der Waals surface area contributed by atoms with Crippen LogP contribution in [0.3, 0.4) is 0 Å². The lowest BCUT2D eigenvalue weighted by atomic mass is 10.2. The highest BCUT2D eigenvalue weighted by Crippen LogP contribution is 2.33. The van der Waals surface area contributed by atoms with E-state index in [1.807, 2.05) is 0 Å². The molecule has 1 saturated carbocycles. The molecule has 1 heterocycles. The number of methoxy groups -OCH3 is 1. The molecule has 0 amide bonds. The molecule has 0 aliphatic heterocycles. The van der Waals surface area contributed by atoms with Crippen molar-refractivity contribution in [3.8, 4) is 5.75 Å². The second kappa shape index (κ2) is 3.82. The van der Waals surface area contributed by atoms with E-state index < -0.39 is 0 Å². The zero-order valence-corrected chi connectivity index (χ0v) is 8.53. The van der Waals surface area contributed by atoms with Gasteiger partial charge in [0.1, 0.15) is 0 Å². The number of hydrogen-bond donors (Lipinski definition) is 1. The van der Waals surface area contributed by atoms with E-state index in [4.69, 9.17) is 4.74 Å². The summed E-state index contributed by atoms with van der Waals surface area (Å²) < 4.78 is 4.98. The van der Waals surface area contributed by atoms with Crippen LogP contribution in [0.15, 0.2) is 12.4 Å². The van der Waals surface area contributed by atoms with Crippen molar-refractivity contribution in [1.82, 2.24) is 9.97 Å². The first kappa shape index (κ1) is 9.24. The van der Waals surface area contributed by atoms with E-state index >= 15 is 0 Å². The fourth-order valence-corrected chi connectivity index (χ4v) is 1.41. The number of hydrogen-bond acceptors (Lipinski definition) is 4. The van der Waals surface area contributed by atoms with Gasteiger partial charge in [-0.15, -0.1) is 0 Å². The molecule has 1 aliphatic carbocycles. The fraction of sp³-hybridized carbons (Fsp3) is 0.600. The van der Waals surface area contributed by atoms with Gasteiger partial charge in [-0.05, 0) is 25.7 Å². The van der Waals surface area contributed by atoms with Crippen molar-refractivity contribution >= 4 is 5.95 Å². The van der Waals surface area contributed by atoms with Crippen LogP contribution in [0.25, 0.3) is 0 Å². The third-order valence-corrected chi connectivity index (χ3v) is 2.55. The molecule has 0 bridgehead atoms. The number of nitrogens with zero attached hydrogens (tertiary/aromatic N) is 2. The van der Waals surface area contributed by atoms with Crippen molar-refractivity contribution in [3.63, 3.8) is 0 Å². The Labute approximate surface area is 83.7 Å². The smallest absolute Gasteiger partial charge is 0.223 e. The van der Waals surface area contributed by atoms with Crippen molar-refractivity contribution < 1.29 is 4.74 Å². The molecule has 76 valence electrons. The minimum Gasteiger partial charge on any atom is -0.494 e. The topological polar surface area (TPSA) is 47.0 Å². The highest BCUT2D eigenvalue weighted by atomic mass is 16.5. The molecule has 1 aliphatic rings. The van der Waals surface area contributed by atoms with Crippen LogP contribution in [0.5, 0.6) is 5.75 Å². The molecule has 0 saturated heterocycles. The lowest BCUT2D eigenvalue weighted by Gasteiger charge is -2.12. The molecule has 0 aromatic carbocycles. The number of rotatable bonds is 4. The van der Waals surface area contributed by atoms with Crippen LogP contribution in [0.1, 0.15) is 19.8 Å². The second-order valence-electron chi connectivity index (χ2n) is 3.72. The summed E-state index contributed by atoms with van der Waals surface area (Å²) in [7, 11) is 1.61. The first-order chi connectivity index (χ1) is 6.79. The van der Waals surface area contributed by atoms with Gasteiger partial charge in [0.05, 0.1) is 19.5 Å². The van der Waals surface area contributed by atoms with Crippen molar-refractivity contribution in [3.05, 3.63) is 12.4 Å². The Morgan fingerprint density at radius 1 is 1.43 bits per heavy atom. The Kier molecular flexibility index (Phi) is 2.52. The van der Waals surface area contributed by atoms with Gasteiger partial charge in [0, 0.05) is 6.04 Å². The number of aromatic nitrogens is 2. The predicted molar refractivity (Wildman–Crippen MR) is 54.4 cm³/mol. The molecule has 2 rings (SSSR count). The quantitative estimate of drug-likeness (QED) is 0.790. The number of ether oxygens (including phenoxy) is 1. The van der Waals surface area contributed by atoms with Gasteiger partial charge in [0.25, 0.3) is 0 Å². The first-order valence-electron chi connectivity index (χ1n) is 4.92. The van der Waals surface area contributed by atoms with Gasteiger partial charge in [-0.1, -0.05) is 0 Å². The maximum atomic E-state index is 4.98. The van der Waals surface area contributed by atoms with E-state index in [2.05, 4.69) is 22.2 Å². The maximum absolute atomic E-state index is 4.98. The Balaban J connectivity index is 1.95. The van der Waals surface area contributed by atoms with Gasteiger partial charge in [-0.2, -0.15) is 0 Å². The molecular weight excluding hydrogens is 178 g/mol. The molecule has 1 atom stereocenters. The highest BCUT2D eigenvalue weighted by Gasteiger charge is 2.28. The molecule has 1 aromatic heterocycles. The molecule has 1 N–H and O–H groups in total. The van der Waals surface area contributed by atoms with E-state index in [9.17, 15) is 0 Å². The predicted octanol–water partition coefficient (Wildman–Crippen LogP) is 1.70. The van der Waals surface area contributed by atoms with Crippen molar-refractivity contribution in [2.75, 3.05) is 12.4 Å². The molecule has 14 heavy (non-hydrogen) atoms. The molecule has 0 radical (unpaired) electrons. The van der Waals surface area contributed by atoms with Crippen LogP contribution in [-0.4, -0.2) is 23.1 Å². The largest absolute Gasteiger partial charge is 0.494 e. The normalized spacial score (nSPS) is 17.6. The fourth-order valence-electron chi connectivity index (χ4n) is 1.41. The van der Waals surface area contributed by atoms with Crippen molar-refractivity contribution in [2.45, 2.75) is 25.8 Å². The number of nitrogens with one attached hydrogen (secondary N) is 1. The summed E-state index contributed by atoms with van der Waals surface area (Å²) in [5.74, 6) is 2.18. The van der Waals surface area contributed by atoms with Crippen molar-refractivity contribution in [2.24, 2.45) is 5.92 Å². The minimum atomic E-state index is 0.475. The lowest BCUT2D eigenvalue weighted by molar-refractivity contribution is 0.411. The molecular formula is C10H15N3O. The minimum absolute atomic E-state index is 0.475. The first-order valence-corrected chi connectivity index (χ1v) is 4.92. The zero-order valence-electron chi connectivity index (χ0n) is 8.53. The summed E-state index contributed by atoms with van der Waals surface area (Å²) in [5, 5.41) is 3.28. The molecule has 0 spiro atoms. The van der Waals surface area contributed by atoms with Gasteiger partial charge in [0.15, 0.2) is 5.75 Å². The molecule has 4 heteroatoms. The van der Waals surface area contributed by atoms with Crippen LogP contribution in [0, 0.1) is 5.92 Å². The van der Waals surface area contributed by atoms with Crippen LogP contribution >= 0.6 is 0 Å². The van der Waals surface area contributed by atoms with Gasteiger partial charge >= 0.3 is 0 Å². The van der Waals surface area contributed by atoms with E-state index in [-0.39, 0.29) is 0 Å². The van der Waals surface area contributed by atoms with Gasteiger partial charge in [-0.25, -0.2) is 9.97 Å². The molecule has 1 fully saturated rings. The molecule has 4 nitrogen and oxygen atoms in total. The summed E-state index contributed by atoms with van der Waals surface area (Å²) in [6, 6.07) is 0.475. The second-order valence-corrected chi connectivity index (χ2v) is 3.72. The summed E-state index contributed by atoms with van der Waals surface area (Å²) >= 11 is 0. The van der Waals surface area contributed by atoms with Gasteiger partial charge < -0.3 is 10.1 Å². The van der Waals surface area contributed by atoms with Gasteiger partial charge in [-0.3, -0.25) is 0 Å². The Morgan fingerprint density at radius 2 is 2.07 bits per heavy atom. The maximum Gasteiger partial charge on any atom is 0.223 e. The van der Waals surface area contributed by atoms with Crippen LogP contribution in [-0.2, 0) is 0 Å². The van der Waals surface area contributed by atoms with E-state index in [1.165, 1.54) is 12.8 Å². The average molecular weight is 193 g/mol. The van der Waals surface area contributed by atoms with Crippen molar-refractivity contribution in [1.29, 1.82) is 0 Å². The third-order valence-electron chi connectivity index (χ3n) is 2.55. The van der Waals surface area contributed by atoms with Gasteiger partial charge in [0.2, 0.25) is 5.95 Å². The Morgan fingerprint density at radius 3 is 2.57 bits per heavy atom. The standard InChI is InChI=1S/C10H15N3O/c1-7(8-3-4-8)13-10-11-5-9(14-2)6-12-10/h5-8H,3-4H2,1-2H3,(H,11,12,13).